The van der Waals surface area contributed by atoms with Crippen molar-refractivity contribution in [3.8, 4) is 17.2 Å². The predicted molar refractivity (Wildman–Crippen MR) is 87.0 cm³/mol. The Morgan fingerprint density at radius 2 is 1.71 bits per heavy atom. The molecule has 2 aromatic rings. The molecule has 2 nitrogen and oxygen atoms in total. The molecule has 108 valence electrons. The minimum absolute atomic E-state index is 0.108. The van der Waals surface area contributed by atoms with E-state index in [1.54, 1.807) is 0 Å². The first-order chi connectivity index (χ1) is 9.80. The van der Waals surface area contributed by atoms with Crippen LogP contribution < -0.4 is 0 Å². The molecule has 2 rings (SSSR count). The summed E-state index contributed by atoms with van der Waals surface area (Å²) in [5, 5.41) is 9.61. The monoisotopic (exact) mass is 278 g/mol. The number of nitriles is 1. The maximum atomic E-state index is 9.61. The van der Waals surface area contributed by atoms with Gasteiger partial charge < -0.3 is 0 Å². The lowest BCUT2D eigenvalue weighted by molar-refractivity contribution is 0.405. The summed E-state index contributed by atoms with van der Waals surface area (Å²) in [5.74, 6) is 0. The summed E-state index contributed by atoms with van der Waals surface area (Å²) >= 11 is 0. The third-order valence-electron chi connectivity index (χ3n) is 3.39. The second kappa shape index (κ2) is 5.69. The Labute approximate surface area is 127 Å². The van der Waals surface area contributed by atoms with Crippen LogP contribution in [0.25, 0.3) is 11.1 Å². The Hall–Kier alpha value is -2.14. The first kappa shape index (κ1) is 15.3. The third-order valence-corrected chi connectivity index (χ3v) is 3.39. The van der Waals surface area contributed by atoms with Crippen molar-refractivity contribution in [2.45, 2.75) is 41.0 Å². The molecule has 0 atom stereocenters. The van der Waals surface area contributed by atoms with Crippen LogP contribution in [0.15, 0.2) is 30.3 Å². The minimum atomic E-state index is 0.108. The smallest absolute Gasteiger partial charge is 0.102 e. The summed E-state index contributed by atoms with van der Waals surface area (Å²) in [5.41, 5.74) is 5.97. The Kier molecular flexibility index (Phi) is 4.14. The highest BCUT2D eigenvalue weighted by molar-refractivity contribution is 5.72. The highest BCUT2D eigenvalue weighted by Crippen LogP contribution is 2.29. The van der Waals surface area contributed by atoms with Gasteiger partial charge in [0.05, 0.1) is 11.3 Å². The maximum absolute atomic E-state index is 9.61. The van der Waals surface area contributed by atoms with Crippen LogP contribution in [0.2, 0.25) is 0 Å². The van der Waals surface area contributed by atoms with Crippen LogP contribution in [0.1, 0.15) is 43.3 Å². The molecule has 0 radical (unpaired) electrons. The molecule has 0 N–H and O–H groups in total. The minimum Gasteiger partial charge on any atom is -0.257 e. The van der Waals surface area contributed by atoms with E-state index < -0.39 is 0 Å². The van der Waals surface area contributed by atoms with Gasteiger partial charge in [-0.05, 0) is 37.3 Å². The molecule has 1 aromatic heterocycles. The summed E-state index contributed by atoms with van der Waals surface area (Å²) in [6.07, 6.45) is 0.802. The molecule has 0 saturated carbocycles. The molecule has 0 aliphatic heterocycles. The molecular formula is C19H22N2. The number of pyridine rings is 1. The van der Waals surface area contributed by atoms with E-state index in [4.69, 9.17) is 0 Å². The Morgan fingerprint density at radius 3 is 2.24 bits per heavy atom. The van der Waals surface area contributed by atoms with Gasteiger partial charge in [0.1, 0.15) is 6.07 Å². The molecule has 21 heavy (non-hydrogen) atoms. The van der Waals surface area contributed by atoms with Gasteiger partial charge in [0, 0.05) is 11.3 Å². The number of hydrogen-bond acceptors (Lipinski definition) is 2. The molecule has 0 saturated heterocycles. The number of aromatic nitrogens is 1. The lowest BCUT2D eigenvalue weighted by Crippen LogP contribution is -2.13. The first-order valence-corrected chi connectivity index (χ1v) is 7.28. The topological polar surface area (TPSA) is 36.7 Å². The van der Waals surface area contributed by atoms with Gasteiger partial charge in [0.15, 0.2) is 0 Å². The quantitative estimate of drug-likeness (QED) is 0.789. The highest BCUT2D eigenvalue weighted by atomic mass is 14.7. The molecule has 1 aromatic carbocycles. The summed E-state index contributed by atoms with van der Waals surface area (Å²) < 4.78 is 0. The van der Waals surface area contributed by atoms with E-state index in [0.717, 1.165) is 28.9 Å². The normalized spacial score (nSPS) is 11.2. The van der Waals surface area contributed by atoms with Crippen LogP contribution in [-0.2, 0) is 6.42 Å². The zero-order valence-corrected chi connectivity index (χ0v) is 13.5. The summed E-state index contributed by atoms with van der Waals surface area (Å²) in [6, 6.07) is 12.7. The molecular weight excluding hydrogens is 256 g/mol. The van der Waals surface area contributed by atoms with Crippen molar-refractivity contribution in [1.82, 2.24) is 4.98 Å². The van der Waals surface area contributed by atoms with Gasteiger partial charge in [-0.25, -0.2) is 0 Å². The van der Waals surface area contributed by atoms with Gasteiger partial charge in [0.2, 0.25) is 0 Å². The van der Waals surface area contributed by atoms with Crippen molar-refractivity contribution in [2.75, 3.05) is 0 Å². The van der Waals surface area contributed by atoms with Gasteiger partial charge in [-0.2, -0.15) is 5.26 Å². The van der Waals surface area contributed by atoms with E-state index in [2.05, 4.69) is 63.0 Å². The standard InChI is InChI=1S/C19H22N2/c1-13-6-8-15(9-7-13)16-10-14(2)21-18(17(16)12-20)11-19(3,4)5/h6-10H,11H2,1-5H3. The van der Waals surface area contributed by atoms with E-state index in [0.29, 0.717) is 5.56 Å². The SMILES string of the molecule is Cc1ccc(-c2cc(C)nc(CC(C)(C)C)c2C#N)cc1. The van der Waals surface area contributed by atoms with Crippen molar-refractivity contribution < 1.29 is 0 Å². The molecule has 2 heteroatoms. The summed E-state index contributed by atoms with van der Waals surface area (Å²) in [7, 11) is 0. The van der Waals surface area contributed by atoms with E-state index in [1.165, 1.54) is 5.56 Å². The van der Waals surface area contributed by atoms with Crippen LogP contribution in [-0.4, -0.2) is 4.98 Å². The Morgan fingerprint density at radius 1 is 1.10 bits per heavy atom. The molecule has 1 heterocycles. The van der Waals surface area contributed by atoms with E-state index in [9.17, 15) is 5.26 Å². The molecule has 0 aliphatic rings. The fourth-order valence-corrected chi connectivity index (χ4v) is 2.45. The predicted octanol–water partition coefficient (Wildman–Crippen LogP) is 4.83. The number of benzene rings is 1. The largest absolute Gasteiger partial charge is 0.257 e. The lowest BCUT2D eigenvalue weighted by Gasteiger charge is -2.20. The average molecular weight is 278 g/mol. The van der Waals surface area contributed by atoms with Crippen LogP contribution in [0.5, 0.6) is 0 Å². The van der Waals surface area contributed by atoms with Crippen molar-refractivity contribution in [2.24, 2.45) is 5.41 Å². The van der Waals surface area contributed by atoms with E-state index in [-0.39, 0.29) is 5.41 Å². The van der Waals surface area contributed by atoms with Gasteiger partial charge in [-0.1, -0.05) is 50.6 Å². The molecule has 0 fully saturated rings. The first-order valence-electron chi connectivity index (χ1n) is 7.28. The zero-order valence-electron chi connectivity index (χ0n) is 13.5. The Balaban J connectivity index is 2.61. The second-order valence-electron chi connectivity index (χ2n) is 6.85. The number of nitrogens with zero attached hydrogens (tertiary/aromatic N) is 2. The van der Waals surface area contributed by atoms with E-state index in [1.807, 2.05) is 13.0 Å². The van der Waals surface area contributed by atoms with Gasteiger partial charge in [-0.3, -0.25) is 4.98 Å². The van der Waals surface area contributed by atoms with Gasteiger partial charge in [-0.15, -0.1) is 0 Å². The number of rotatable bonds is 2. The number of aryl methyl sites for hydroxylation is 2. The third kappa shape index (κ3) is 3.70. The molecule has 0 unspecified atom stereocenters. The molecule has 0 aliphatic carbocycles. The Bertz CT molecular complexity index is 683. The molecule has 0 spiro atoms. The van der Waals surface area contributed by atoms with E-state index >= 15 is 0 Å². The number of hydrogen-bond donors (Lipinski definition) is 0. The van der Waals surface area contributed by atoms with Crippen LogP contribution in [0, 0.1) is 30.6 Å². The summed E-state index contributed by atoms with van der Waals surface area (Å²) in [6.45, 7) is 10.6. The van der Waals surface area contributed by atoms with Crippen molar-refractivity contribution >= 4 is 0 Å². The van der Waals surface area contributed by atoms with Crippen LogP contribution in [0.4, 0.5) is 0 Å². The molecule has 0 amide bonds. The van der Waals surface area contributed by atoms with Crippen molar-refractivity contribution in [1.29, 1.82) is 5.26 Å². The van der Waals surface area contributed by atoms with Crippen molar-refractivity contribution in [3.05, 3.63) is 52.8 Å². The summed E-state index contributed by atoms with van der Waals surface area (Å²) in [4.78, 5) is 4.61. The average Bonchev–Trinajstić information content (AvgIpc) is 2.37. The highest BCUT2D eigenvalue weighted by Gasteiger charge is 2.19. The lowest BCUT2D eigenvalue weighted by atomic mass is 9.87. The van der Waals surface area contributed by atoms with Crippen molar-refractivity contribution in [3.63, 3.8) is 0 Å². The fourth-order valence-electron chi connectivity index (χ4n) is 2.45. The van der Waals surface area contributed by atoms with Crippen LogP contribution >= 0.6 is 0 Å². The van der Waals surface area contributed by atoms with Crippen LogP contribution in [0.3, 0.4) is 0 Å². The zero-order chi connectivity index (χ0) is 15.6. The molecule has 0 bridgehead atoms. The second-order valence-corrected chi connectivity index (χ2v) is 6.85. The van der Waals surface area contributed by atoms with Gasteiger partial charge in [0.25, 0.3) is 0 Å². The van der Waals surface area contributed by atoms with Gasteiger partial charge >= 0.3 is 0 Å². The fraction of sp³-hybridized carbons (Fsp3) is 0.368. The maximum Gasteiger partial charge on any atom is 0.102 e.